The van der Waals surface area contributed by atoms with Gasteiger partial charge in [-0.2, -0.15) is 0 Å². The van der Waals surface area contributed by atoms with Gasteiger partial charge in [-0.3, -0.25) is 0 Å². The Morgan fingerprint density at radius 3 is 2.54 bits per heavy atom. The van der Waals surface area contributed by atoms with Crippen LogP contribution in [0.4, 0.5) is 4.79 Å². The van der Waals surface area contributed by atoms with Gasteiger partial charge in [0.15, 0.2) is 0 Å². The molecule has 1 heterocycles. The second kappa shape index (κ2) is 8.95. The predicted octanol–water partition coefficient (Wildman–Crippen LogP) is 1.84. The number of carbonyl (C=O) groups is 1. The molecule has 1 aromatic rings. The van der Waals surface area contributed by atoms with Crippen molar-refractivity contribution in [3.63, 3.8) is 0 Å². The molecular formula is C19H32N4O2S. The molecule has 146 valence electrons. The van der Waals surface area contributed by atoms with E-state index >= 15 is 0 Å². The van der Waals surface area contributed by atoms with Crippen LogP contribution >= 0.6 is 11.8 Å². The van der Waals surface area contributed by atoms with Crippen LogP contribution in [0.15, 0.2) is 0 Å². The maximum Gasteiger partial charge on any atom is 0.316 e. The van der Waals surface area contributed by atoms with Gasteiger partial charge in [0.1, 0.15) is 11.9 Å². The molecule has 1 fully saturated rings. The quantitative estimate of drug-likeness (QED) is 0.818. The van der Waals surface area contributed by atoms with Crippen LogP contribution in [0.2, 0.25) is 0 Å². The van der Waals surface area contributed by atoms with E-state index in [1.165, 1.54) is 4.91 Å². The molecule has 0 bridgehead atoms. The molecule has 7 heteroatoms. The van der Waals surface area contributed by atoms with Crippen LogP contribution in [0.5, 0.6) is 0 Å². The minimum atomic E-state index is -0.615. The summed E-state index contributed by atoms with van der Waals surface area (Å²) in [5.41, 5.74) is 0. The Balaban J connectivity index is 2.17. The number of amides is 2. The lowest BCUT2D eigenvalue weighted by molar-refractivity contribution is 0.171. The highest BCUT2D eigenvalue weighted by Gasteiger charge is 2.26. The van der Waals surface area contributed by atoms with E-state index in [0.717, 1.165) is 42.9 Å². The van der Waals surface area contributed by atoms with Gasteiger partial charge in [-0.05, 0) is 51.7 Å². The summed E-state index contributed by atoms with van der Waals surface area (Å²) in [4.78, 5) is 19.0. The summed E-state index contributed by atoms with van der Waals surface area (Å²) in [5.74, 6) is 1.21. The van der Waals surface area contributed by atoms with Crippen LogP contribution < -0.4 is 16.0 Å². The highest BCUT2D eigenvalue weighted by atomic mass is 32.2. The number of nitrogens with zero attached hydrogens (tertiary/aromatic N) is 3. The Morgan fingerprint density at radius 1 is 1.42 bits per heavy atom. The molecule has 0 spiro atoms. The highest BCUT2D eigenvalue weighted by molar-refractivity contribution is 8.07. The lowest BCUT2D eigenvalue weighted by Crippen LogP contribution is -2.39. The van der Waals surface area contributed by atoms with Gasteiger partial charge in [-0.25, -0.2) is 9.78 Å². The van der Waals surface area contributed by atoms with Crippen molar-refractivity contribution in [1.29, 1.82) is 0 Å². The second-order valence-corrected chi connectivity index (χ2v) is 8.35. The van der Waals surface area contributed by atoms with Crippen molar-refractivity contribution in [3.8, 4) is 0 Å². The van der Waals surface area contributed by atoms with E-state index in [2.05, 4.69) is 34.6 Å². The van der Waals surface area contributed by atoms with Crippen LogP contribution in [0.25, 0.3) is 11.5 Å². The first kappa shape index (κ1) is 20.8. The molecule has 1 aliphatic rings. The lowest BCUT2D eigenvalue weighted by atomic mass is 9.85. The normalized spacial score (nSPS) is 22.7. The maximum absolute atomic E-state index is 11.7. The van der Waals surface area contributed by atoms with Gasteiger partial charge in [0, 0.05) is 31.6 Å². The third-order valence-corrected chi connectivity index (χ3v) is 5.96. The summed E-state index contributed by atoms with van der Waals surface area (Å²) in [6, 6.07) is 0.285. The SMILES string of the molecule is C=c1nc(C(C)O)n(C2CCC(CNC(=O)N(C)C)CC2)c1=C(C)SC. The number of rotatable bonds is 5. The molecule has 1 aromatic heterocycles. The van der Waals surface area contributed by atoms with E-state index in [1.807, 2.05) is 0 Å². The number of hydrogen-bond donors (Lipinski definition) is 2. The number of thioether (sulfide) groups is 1. The van der Waals surface area contributed by atoms with Crippen molar-refractivity contribution in [1.82, 2.24) is 19.8 Å². The smallest absolute Gasteiger partial charge is 0.316 e. The Morgan fingerprint density at radius 2 is 2.04 bits per heavy atom. The van der Waals surface area contributed by atoms with Crippen molar-refractivity contribution in [2.75, 3.05) is 26.9 Å². The average Bonchev–Trinajstić information content (AvgIpc) is 2.96. The predicted molar refractivity (Wildman–Crippen MR) is 108 cm³/mol. The Bertz CT molecular complexity index is 733. The molecule has 0 aliphatic heterocycles. The highest BCUT2D eigenvalue weighted by Crippen LogP contribution is 2.32. The van der Waals surface area contributed by atoms with Crippen molar-refractivity contribution < 1.29 is 9.90 Å². The van der Waals surface area contributed by atoms with E-state index in [-0.39, 0.29) is 6.03 Å². The van der Waals surface area contributed by atoms with Crippen molar-refractivity contribution in [3.05, 3.63) is 16.5 Å². The van der Waals surface area contributed by atoms with Crippen LogP contribution in [0, 0.1) is 5.92 Å². The van der Waals surface area contributed by atoms with Crippen LogP contribution in [0.1, 0.15) is 57.5 Å². The third-order valence-electron chi connectivity index (χ3n) is 5.15. The number of hydrogen-bond acceptors (Lipinski definition) is 4. The van der Waals surface area contributed by atoms with Gasteiger partial charge in [0.2, 0.25) is 0 Å². The molecule has 2 N–H and O–H groups in total. The first-order valence-electron chi connectivity index (χ1n) is 9.21. The number of carbonyl (C=O) groups excluding carboxylic acids is 1. The molecule has 2 rings (SSSR count). The Kier molecular flexibility index (Phi) is 7.17. The van der Waals surface area contributed by atoms with Gasteiger partial charge in [0.05, 0.1) is 10.7 Å². The zero-order chi connectivity index (χ0) is 19.4. The van der Waals surface area contributed by atoms with E-state index in [4.69, 9.17) is 0 Å². The minimum Gasteiger partial charge on any atom is -0.385 e. The summed E-state index contributed by atoms with van der Waals surface area (Å²) in [7, 11) is 3.51. The number of urea groups is 1. The van der Waals surface area contributed by atoms with Crippen LogP contribution in [-0.2, 0) is 0 Å². The standard InChI is InChI=1S/C19H32N4O2S/c1-12-17(14(3)26-6)23(18(21-12)13(2)24)16-9-7-15(8-10-16)11-20-19(25)22(4)5/h13,15-16,24H,1,7-11H2,2-6H3,(H,20,25). The molecule has 1 atom stereocenters. The number of aromatic nitrogens is 2. The Labute approximate surface area is 160 Å². The third kappa shape index (κ3) is 4.62. The number of nitrogens with one attached hydrogen (secondary N) is 1. The Hall–Kier alpha value is -1.47. The average molecular weight is 381 g/mol. The van der Waals surface area contributed by atoms with Crippen molar-refractivity contribution >= 4 is 29.3 Å². The number of aliphatic hydroxyl groups is 1. The molecule has 6 nitrogen and oxygen atoms in total. The largest absolute Gasteiger partial charge is 0.385 e. The van der Waals surface area contributed by atoms with Crippen molar-refractivity contribution in [2.24, 2.45) is 5.92 Å². The van der Waals surface area contributed by atoms with Gasteiger partial charge in [-0.15, -0.1) is 11.8 Å². The van der Waals surface area contributed by atoms with E-state index in [1.54, 1.807) is 37.7 Å². The fourth-order valence-corrected chi connectivity index (χ4v) is 4.04. The molecule has 0 radical (unpaired) electrons. The molecule has 2 amide bonds. The van der Waals surface area contributed by atoms with Gasteiger partial charge in [0.25, 0.3) is 0 Å². The van der Waals surface area contributed by atoms with E-state index in [9.17, 15) is 9.90 Å². The minimum absolute atomic E-state index is 0.0349. The van der Waals surface area contributed by atoms with Gasteiger partial charge >= 0.3 is 6.03 Å². The summed E-state index contributed by atoms with van der Waals surface area (Å²) >= 11 is 1.69. The van der Waals surface area contributed by atoms with Crippen molar-refractivity contribution in [2.45, 2.75) is 51.7 Å². The first-order chi connectivity index (χ1) is 12.3. The van der Waals surface area contributed by atoms with Gasteiger partial charge < -0.3 is 19.9 Å². The fourth-order valence-electron chi connectivity index (χ4n) is 3.63. The van der Waals surface area contributed by atoms with E-state index in [0.29, 0.717) is 17.8 Å². The molecule has 1 saturated carbocycles. The van der Waals surface area contributed by atoms with Crippen LogP contribution in [-0.4, -0.2) is 52.5 Å². The summed E-state index contributed by atoms with van der Waals surface area (Å²) in [5, 5.41) is 15.0. The van der Waals surface area contributed by atoms with Crippen LogP contribution in [0.3, 0.4) is 0 Å². The zero-order valence-corrected chi connectivity index (χ0v) is 17.4. The van der Waals surface area contributed by atoms with Gasteiger partial charge in [-0.1, -0.05) is 6.58 Å². The molecule has 0 aromatic carbocycles. The molecular weight excluding hydrogens is 348 g/mol. The summed E-state index contributed by atoms with van der Waals surface area (Å²) in [6.07, 6.45) is 5.59. The monoisotopic (exact) mass is 380 g/mol. The summed E-state index contributed by atoms with van der Waals surface area (Å²) < 4.78 is 2.22. The second-order valence-electron chi connectivity index (χ2n) is 7.33. The van der Waals surface area contributed by atoms with E-state index < -0.39 is 6.10 Å². The zero-order valence-electron chi connectivity index (χ0n) is 16.6. The molecule has 1 unspecified atom stereocenters. The summed E-state index contributed by atoms with van der Waals surface area (Å²) in [6.45, 7) is 8.67. The molecule has 1 aliphatic carbocycles. The first-order valence-corrected chi connectivity index (χ1v) is 10.4. The number of imidazole rings is 1. The lowest BCUT2D eigenvalue weighted by Gasteiger charge is -2.31. The molecule has 0 saturated heterocycles. The number of aliphatic hydroxyl groups excluding tert-OH is 1. The maximum atomic E-state index is 11.7. The topological polar surface area (TPSA) is 70.4 Å². The fraction of sp³-hybridized carbons (Fsp3) is 0.684. The molecule has 26 heavy (non-hydrogen) atoms.